The highest BCUT2D eigenvalue weighted by molar-refractivity contribution is 5.74. The molecule has 1 fully saturated rings. The molecule has 1 saturated heterocycles. The summed E-state index contributed by atoms with van der Waals surface area (Å²) in [4.78, 5) is 15.7. The van der Waals surface area contributed by atoms with E-state index in [0.717, 1.165) is 25.9 Å². The third kappa shape index (κ3) is 2.84. The minimum absolute atomic E-state index is 0.0690. The number of rotatable bonds is 2. The fraction of sp³-hybridized carbons (Fsp3) is 0.909. The molecule has 0 aromatic rings. The number of nitrogens with zero attached hydrogens (tertiary/aromatic N) is 2. The molecule has 88 valence electrons. The molecule has 0 aromatic heterocycles. The summed E-state index contributed by atoms with van der Waals surface area (Å²) in [7, 11) is 1.84. The van der Waals surface area contributed by atoms with Gasteiger partial charge in [0, 0.05) is 32.2 Å². The molecule has 1 rings (SSSR count). The SMILES string of the molecule is CCN(C)C(=O)N1CCCCC1C(C)N. The monoisotopic (exact) mass is 213 g/mol. The zero-order chi connectivity index (χ0) is 11.4. The smallest absolute Gasteiger partial charge is 0.320 e. The van der Waals surface area contributed by atoms with Crippen molar-refractivity contribution in [3.8, 4) is 0 Å². The van der Waals surface area contributed by atoms with E-state index in [4.69, 9.17) is 5.73 Å². The molecule has 2 unspecified atom stereocenters. The normalized spacial score (nSPS) is 23.7. The Hall–Kier alpha value is -0.770. The molecule has 4 nitrogen and oxygen atoms in total. The van der Waals surface area contributed by atoms with Gasteiger partial charge in [0.15, 0.2) is 0 Å². The first-order chi connectivity index (χ1) is 7.07. The molecule has 1 aliphatic heterocycles. The number of carbonyl (C=O) groups excluding carboxylic acids is 1. The van der Waals surface area contributed by atoms with Crippen LogP contribution in [0.25, 0.3) is 0 Å². The molecule has 2 amide bonds. The van der Waals surface area contributed by atoms with Gasteiger partial charge in [0.2, 0.25) is 0 Å². The quantitative estimate of drug-likeness (QED) is 0.750. The molecule has 2 N–H and O–H groups in total. The highest BCUT2D eigenvalue weighted by Gasteiger charge is 2.30. The van der Waals surface area contributed by atoms with Gasteiger partial charge in [-0.25, -0.2) is 4.79 Å². The van der Waals surface area contributed by atoms with E-state index < -0.39 is 0 Å². The van der Waals surface area contributed by atoms with Crippen LogP contribution in [0.3, 0.4) is 0 Å². The van der Waals surface area contributed by atoms with E-state index >= 15 is 0 Å². The fourth-order valence-electron chi connectivity index (χ4n) is 2.10. The molecule has 0 aliphatic carbocycles. The molecule has 0 bridgehead atoms. The van der Waals surface area contributed by atoms with Crippen molar-refractivity contribution in [1.82, 2.24) is 9.80 Å². The Labute approximate surface area is 92.4 Å². The van der Waals surface area contributed by atoms with E-state index in [-0.39, 0.29) is 18.1 Å². The highest BCUT2D eigenvalue weighted by Crippen LogP contribution is 2.20. The maximum Gasteiger partial charge on any atom is 0.320 e. The first-order valence-corrected chi connectivity index (χ1v) is 5.85. The second-order valence-corrected chi connectivity index (χ2v) is 4.41. The van der Waals surface area contributed by atoms with Crippen LogP contribution < -0.4 is 5.73 Å². The van der Waals surface area contributed by atoms with Gasteiger partial charge in [-0.1, -0.05) is 0 Å². The Bertz CT molecular complexity index is 218. The average molecular weight is 213 g/mol. The predicted octanol–water partition coefficient (Wildman–Crippen LogP) is 1.26. The molecule has 0 spiro atoms. The Morgan fingerprint density at radius 2 is 2.27 bits per heavy atom. The molecular formula is C11H23N3O. The maximum absolute atomic E-state index is 12.0. The van der Waals surface area contributed by atoms with Crippen molar-refractivity contribution in [2.24, 2.45) is 5.73 Å². The molecule has 0 saturated carbocycles. The Kier molecular flexibility index (Phi) is 4.39. The van der Waals surface area contributed by atoms with Crippen LogP contribution in [-0.2, 0) is 0 Å². The highest BCUT2D eigenvalue weighted by atomic mass is 16.2. The van der Waals surface area contributed by atoms with Gasteiger partial charge in [0.1, 0.15) is 0 Å². The third-order valence-electron chi connectivity index (χ3n) is 3.20. The molecule has 1 aliphatic rings. The van der Waals surface area contributed by atoms with Gasteiger partial charge in [-0.15, -0.1) is 0 Å². The number of hydrogen-bond acceptors (Lipinski definition) is 2. The van der Waals surface area contributed by atoms with Crippen LogP contribution >= 0.6 is 0 Å². The van der Waals surface area contributed by atoms with E-state index in [9.17, 15) is 4.79 Å². The van der Waals surface area contributed by atoms with Crippen molar-refractivity contribution in [3.63, 3.8) is 0 Å². The summed E-state index contributed by atoms with van der Waals surface area (Å²) >= 11 is 0. The number of likely N-dealkylation sites (tertiary alicyclic amines) is 1. The lowest BCUT2D eigenvalue weighted by atomic mass is 9.97. The predicted molar refractivity (Wildman–Crippen MR) is 61.7 cm³/mol. The fourth-order valence-corrected chi connectivity index (χ4v) is 2.10. The first-order valence-electron chi connectivity index (χ1n) is 5.85. The summed E-state index contributed by atoms with van der Waals surface area (Å²) < 4.78 is 0. The Morgan fingerprint density at radius 3 is 2.80 bits per heavy atom. The molecule has 2 atom stereocenters. The summed E-state index contributed by atoms with van der Waals surface area (Å²) in [6.07, 6.45) is 3.33. The van der Waals surface area contributed by atoms with Crippen LogP contribution in [0.1, 0.15) is 33.1 Å². The van der Waals surface area contributed by atoms with Crippen LogP contribution in [0, 0.1) is 0 Å². The van der Waals surface area contributed by atoms with E-state index in [1.165, 1.54) is 6.42 Å². The van der Waals surface area contributed by atoms with E-state index in [1.54, 1.807) is 4.90 Å². The molecule has 1 heterocycles. The van der Waals surface area contributed by atoms with Crippen LogP contribution in [0.15, 0.2) is 0 Å². The number of piperidine rings is 1. The molecule has 4 heteroatoms. The second kappa shape index (κ2) is 5.35. The summed E-state index contributed by atoms with van der Waals surface area (Å²) in [6, 6.07) is 0.416. The zero-order valence-corrected chi connectivity index (χ0v) is 10.1. The number of carbonyl (C=O) groups is 1. The van der Waals surface area contributed by atoms with Gasteiger partial charge in [0.25, 0.3) is 0 Å². The maximum atomic E-state index is 12.0. The van der Waals surface area contributed by atoms with Gasteiger partial charge in [-0.2, -0.15) is 0 Å². The second-order valence-electron chi connectivity index (χ2n) is 4.41. The summed E-state index contributed by atoms with van der Waals surface area (Å²) in [5, 5.41) is 0. The van der Waals surface area contributed by atoms with Crippen molar-refractivity contribution >= 4 is 6.03 Å². The van der Waals surface area contributed by atoms with Crippen LogP contribution in [0.4, 0.5) is 4.79 Å². The van der Waals surface area contributed by atoms with Crippen molar-refractivity contribution in [3.05, 3.63) is 0 Å². The standard InChI is InChI=1S/C11H23N3O/c1-4-13(3)11(15)14-8-6-5-7-10(14)9(2)12/h9-10H,4-8,12H2,1-3H3. The van der Waals surface area contributed by atoms with Crippen molar-refractivity contribution < 1.29 is 4.79 Å². The summed E-state index contributed by atoms with van der Waals surface area (Å²) in [5.74, 6) is 0. The Balaban J connectivity index is 2.67. The number of nitrogens with two attached hydrogens (primary N) is 1. The number of hydrogen-bond donors (Lipinski definition) is 1. The number of amides is 2. The zero-order valence-electron chi connectivity index (χ0n) is 10.1. The summed E-state index contributed by atoms with van der Waals surface area (Å²) in [6.45, 7) is 5.58. The lowest BCUT2D eigenvalue weighted by molar-refractivity contribution is 0.115. The van der Waals surface area contributed by atoms with Gasteiger partial charge in [-0.3, -0.25) is 0 Å². The molecular weight excluding hydrogens is 190 g/mol. The average Bonchev–Trinajstić information content (AvgIpc) is 2.27. The van der Waals surface area contributed by atoms with Crippen molar-refractivity contribution in [2.45, 2.75) is 45.2 Å². The molecule has 0 radical (unpaired) electrons. The van der Waals surface area contributed by atoms with E-state index in [2.05, 4.69) is 0 Å². The van der Waals surface area contributed by atoms with Crippen LogP contribution in [0.2, 0.25) is 0 Å². The minimum atomic E-state index is 0.0690. The third-order valence-corrected chi connectivity index (χ3v) is 3.20. The molecule has 15 heavy (non-hydrogen) atoms. The largest absolute Gasteiger partial charge is 0.328 e. The van der Waals surface area contributed by atoms with Gasteiger partial charge in [0.05, 0.1) is 0 Å². The molecule has 0 aromatic carbocycles. The lowest BCUT2D eigenvalue weighted by Gasteiger charge is -2.39. The Morgan fingerprint density at radius 1 is 1.60 bits per heavy atom. The van der Waals surface area contributed by atoms with E-state index in [1.807, 2.05) is 25.8 Å². The van der Waals surface area contributed by atoms with Gasteiger partial charge < -0.3 is 15.5 Å². The lowest BCUT2D eigenvalue weighted by Crippen LogP contribution is -2.54. The topological polar surface area (TPSA) is 49.6 Å². The van der Waals surface area contributed by atoms with Gasteiger partial charge >= 0.3 is 6.03 Å². The first kappa shape index (κ1) is 12.3. The van der Waals surface area contributed by atoms with Gasteiger partial charge in [-0.05, 0) is 33.1 Å². The van der Waals surface area contributed by atoms with Crippen molar-refractivity contribution in [2.75, 3.05) is 20.1 Å². The van der Waals surface area contributed by atoms with Crippen molar-refractivity contribution in [1.29, 1.82) is 0 Å². The van der Waals surface area contributed by atoms with Crippen LogP contribution in [-0.4, -0.2) is 48.1 Å². The van der Waals surface area contributed by atoms with Crippen LogP contribution in [0.5, 0.6) is 0 Å². The van der Waals surface area contributed by atoms with E-state index in [0.29, 0.717) is 0 Å². The summed E-state index contributed by atoms with van der Waals surface area (Å²) in [5.41, 5.74) is 5.92. The minimum Gasteiger partial charge on any atom is -0.328 e. The number of urea groups is 1.